The molecule has 7 nitrogen and oxygen atoms in total. The van der Waals surface area contributed by atoms with Crippen LogP contribution in [-0.2, 0) is 6.61 Å². The molecule has 31 heavy (non-hydrogen) atoms. The van der Waals surface area contributed by atoms with Crippen molar-refractivity contribution in [3.05, 3.63) is 87.1 Å². The number of amides is 1. The van der Waals surface area contributed by atoms with E-state index in [1.807, 2.05) is 0 Å². The predicted molar refractivity (Wildman–Crippen MR) is 111 cm³/mol. The Morgan fingerprint density at radius 3 is 2.68 bits per heavy atom. The van der Waals surface area contributed by atoms with Gasteiger partial charge in [-0.2, -0.15) is 4.98 Å². The zero-order valence-electron chi connectivity index (χ0n) is 16.1. The number of nitrogens with zero attached hydrogens (tertiary/aromatic N) is 3. The lowest BCUT2D eigenvalue weighted by atomic mass is 10.2. The molecule has 0 aliphatic rings. The molecule has 0 atom stereocenters. The van der Waals surface area contributed by atoms with Gasteiger partial charge in [0.25, 0.3) is 5.56 Å². The van der Waals surface area contributed by atoms with E-state index in [1.54, 1.807) is 31.2 Å². The Labute approximate surface area is 179 Å². The Balaban J connectivity index is 1.69. The standard InChI is InChI=1S/C21H15ClF2N4O3/c1-11-26-19(31-10-13-2-3-14(23)9-16(13)24)18(22)20(29)28(11)15-4-5-17-12(8-15)6-7-27(17)21(25)30/h2-9H,10H2,1H3,(H2,25,30). The van der Waals surface area contributed by atoms with Crippen LogP contribution < -0.4 is 16.0 Å². The molecule has 0 aliphatic carbocycles. The third-order valence-electron chi connectivity index (χ3n) is 4.71. The monoisotopic (exact) mass is 444 g/mol. The third kappa shape index (κ3) is 3.75. The van der Waals surface area contributed by atoms with Gasteiger partial charge in [-0.1, -0.05) is 11.6 Å². The van der Waals surface area contributed by atoms with Gasteiger partial charge in [0.15, 0.2) is 5.02 Å². The minimum Gasteiger partial charge on any atom is -0.471 e. The van der Waals surface area contributed by atoms with Gasteiger partial charge < -0.3 is 10.5 Å². The fourth-order valence-corrected chi connectivity index (χ4v) is 3.41. The summed E-state index contributed by atoms with van der Waals surface area (Å²) in [5.74, 6) is -1.38. The summed E-state index contributed by atoms with van der Waals surface area (Å²) in [4.78, 5) is 28.6. The van der Waals surface area contributed by atoms with Crippen molar-refractivity contribution in [2.75, 3.05) is 0 Å². The van der Waals surface area contributed by atoms with Crippen LogP contribution in [0.1, 0.15) is 11.4 Å². The normalized spacial score (nSPS) is 11.1. The Morgan fingerprint density at radius 2 is 1.97 bits per heavy atom. The van der Waals surface area contributed by atoms with E-state index in [2.05, 4.69) is 4.98 Å². The molecule has 0 radical (unpaired) electrons. The summed E-state index contributed by atoms with van der Waals surface area (Å²) in [6.07, 6.45) is 1.53. The fourth-order valence-electron chi connectivity index (χ4n) is 3.23. The molecule has 4 rings (SSSR count). The lowest BCUT2D eigenvalue weighted by Crippen LogP contribution is -2.23. The summed E-state index contributed by atoms with van der Waals surface area (Å²) in [6.45, 7) is 1.30. The van der Waals surface area contributed by atoms with Gasteiger partial charge in [0.05, 0.1) is 11.2 Å². The molecule has 2 N–H and O–H groups in total. The summed E-state index contributed by atoms with van der Waals surface area (Å²) in [5, 5.41) is 0.397. The molecule has 10 heteroatoms. The van der Waals surface area contributed by atoms with E-state index in [-0.39, 0.29) is 28.9 Å². The second-order valence-corrected chi connectivity index (χ2v) is 7.09. The molecule has 0 fully saturated rings. The molecular formula is C21H15ClF2N4O3. The van der Waals surface area contributed by atoms with Crippen LogP contribution in [0.5, 0.6) is 5.88 Å². The number of benzene rings is 2. The van der Waals surface area contributed by atoms with E-state index in [4.69, 9.17) is 22.1 Å². The molecule has 2 aromatic carbocycles. The van der Waals surface area contributed by atoms with Gasteiger partial charge in [0.1, 0.15) is 24.1 Å². The molecule has 4 aromatic rings. The van der Waals surface area contributed by atoms with Crippen LogP contribution in [0.2, 0.25) is 5.02 Å². The molecule has 2 aromatic heterocycles. The van der Waals surface area contributed by atoms with Gasteiger partial charge in [-0.15, -0.1) is 0 Å². The molecule has 0 saturated heterocycles. The minimum atomic E-state index is -0.780. The number of fused-ring (bicyclic) bond motifs is 1. The maximum atomic E-state index is 13.8. The summed E-state index contributed by atoms with van der Waals surface area (Å²) < 4.78 is 34.8. The molecule has 158 valence electrons. The summed E-state index contributed by atoms with van der Waals surface area (Å²) in [5.41, 5.74) is 5.89. The lowest BCUT2D eigenvalue weighted by molar-refractivity contribution is 0.251. The number of rotatable bonds is 4. The number of nitrogens with two attached hydrogens (primary N) is 1. The number of aryl methyl sites for hydroxylation is 1. The smallest absolute Gasteiger partial charge is 0.323 e. The van der Waals surface area contributed by atoms with E-state index < -0.39 is 23.2 Å². The number of aromatic nitrogens is 3. The Bertz CT molecular complexity index is 1400. The molecule has 0 bridgehead atoms. The highest BCUT2D eigenvalue weighted by molar-refractivity contribution is 6.31. The highest BCUT2D eigenvalue weighted by atomic mass is 35.5. The second-order valence-electron chi connectivity index (χ2n) is 6.71. The molecule has 0 aliphatic heterocycles. The van der Waals surface area contributed by atoms with Crippen LogP contribution in [0.3, 0.4) is 0 Å². The number of carbonyl (C=O) groups is 1. The van der Waals surface area contributed by atoms with E-state index in [1.165, 1.54) is 21.4 Å². The summed E-state index contributed by atoms with van der Waals surface area (Å²) in [6, 6.07) is 9.10. The van der Waals surface area contributed by atoms with Crippen LogP contribution in [0.25, 0.3) is 16.6 Å². The van der Waals surface area contributed by atoms with E-state index in [9.17, 15) is 18.4 Å². The number of primary amides is 1. The lowest BCUT2D eigenvalue weighted by Gasteiger charge is -2.14. The van der Waals surface area contributed by atoms with Crippen LogP contribution in [0.15, 0.2) is 53.5 Å². The first-order chi connectivity index (χ1) is 14.8. The number of ether oxygens (including phenoxy) is 1. The average molecular weight is 445 g/mol. The zero-order valence-corrected chi connectivity index (χ0v) is 16.9. The predicted octanol–water partition coefficient (Wildman–Crippen LogP) is 3.93. The quantitative estimate of drug-likeness (QED) is 0.516. The van der Waals surface area contributed by atoms with Crippen molar-refractivity contribution in [1.82, 2.24) is 14.1 Å². The van der Waals surface area contributed by atoms with Gasteiger partial charge in [0.2, 0.25) is 5.88 Å². The SMILES string of the molecule is Cc1nc(OCc2ccc(F)cc2F)c(Cl)c(=O)n1-c1ccc2c(ccn2C(N)=O)c1. The largest absolute Gasteiger partial charge is 0.471 e. The minimum absolute atomic E-state index is 0.0884. The Kier molecular flexibility index (Phi) is 5.20. The summed E-state index contributed by atoms with van der Waals surface area (Å²) in [7, 11) is 0. The van der Waals surface area contributed by atoms with E-state index in [0.29, 0.717) is 16.6 Å². The average Bonchev–Trinajstić information content (AvgIpc) is 3.14. The molecule has 1 amide bonds. The van der Waals surface area contributed by atoms with E-state index in [0.717, 1.165) is 12.1 Å². The first-order valence-electron chi connectivity index (χ1n) is 9.03. The van der Waals surface area contributed by atoms with Crippen LogP contribution >= 0.6 is 11.6 Å². The topological polar surface area (TPSA) is 92.1 Å². The third-order valence-corrected chi connectivity index (χ3v) is 5.04. The van der Waals surface area contributed by atoms with Crippen molar-refractivity contribution in [2.24, 2.45) is 5.73 Å². The second kappa shape index (κ2) is 7.84. The molecule has 0 saturated carbocycles. The van der Waals surface area contributed by atoms with Crippen molar-refractivity contribution in [3.8, 4) is 11.6 Å². The van der Waals surface area contributed by atoms with E-state index >= 15 is 0 Å². The van der Waals surface area contributed by atoms with Gasteiger partial charge >= 0.3 is 6.03 Å². The van der Waals surface area contributed by atoms with Crippen molar-refractivity contribution >= 4 is 28.5 Å². The van der Waals surface area contributed by atoms with Gasteiger partial charge in [-0.05, 0) is 43.3 Å². The van der Waals surface area contributed by atoms with Crippen molar-refractivity contribution in [2.45, 2.75) is 13.5 Å². The molecule has 2 heterocycles. The first-order valence-corrected chi connectivity index (χ1v) is 9.41. The molecule has 0 spiro atoms. The van der Waals surface area contributed by atoms with Crippen LogP contribution in [-0.4, -0.2) is 20.1 Å². The highest BCUT2D eigenvalue weighted by Crippen LogP contribution is 2.24. The van der Waals surface area contributed by atoms with Gasteiger partial charge in [-0.3, -0.25) is 13.9 Å². The highest BCUT2D eigenvalue weighted by Gasteiger charge is 2.17. The van der Waals surface area contributed by atoms with Gasteiger partial charge in [-0.25, -0.2) is 13.6 Å². The number of halogens is 3. The fraction of sp³-hybridized carbons (Fsp3) is 0.0952. The number of carbonyl (C=O) groups excluding carboxylic acids is 1. The first kappa shape index (κ1) is 20.5. The maximum Gasteiger partial charge on any atom is 0.323 e. The Hall–Kier alpha value is -3.72. The van der Waals surface area contributed by atoms with Gasteiger partial charge in [0, 0.05) is 23.2 Å². The zero-order chi connectivity index (χ0) is 22.3. The number of hydrogen-bond donors (Lipinski definition) is 1. The number of hydrogen-bond acceptors (Lipinski definition) is 4. The maximum absolute atomic E-state index is 13.8. The van der Waals surface area contributed by atoms with Crippen LogP contribution in [0, 0.1) is 18.6 Å². The molecule has 0 unspecified atom stereocenters. The summed E-state index contributed by atoms with van der Waals surface area (Å²) >= 11 is 6.18. The van der Waals surface area contributed by atoms with Crippen molar-refractivity contribution < 1.29 is 18.3 Å². The molecular weight excluding hydrogens is 430 g/mol. The Morgan fingerprint density at radius 1 is 1.19 bits per heavy atom. The van der Waals surface area contributed by atoms with Crippen molar-refractivity contribution in [1.29, 1.82) is 0 Å². The van der Waals surface area contributed by atoms with Crippen LogP contribution in [0.4, 0.5) is 13.6 Å². The van der Waals surface area contributed by atoms with Crippen molar-refractivity contribution in [3.63, 3.8) is 0 Å².